The summed E-state index contributed by atoms with van der Waals surface area (Å²) < 4.78 is 0. The molecule has 0 aliphatic rings. The van der Waals surface area contributed by atoms with E-state index < -0.39 is 5.92 Å². The minimum Gasteiger partial charge on any atom is -0.299 e. The zero-order chi connectivity index (χ0) is 8.15. The summed E-state index contributed by atoms with van der Waals surface area (Å²) in [5.41, 5.74) is 0. The third kappa shape index (κ3) is 2.40. The van der Waals surface area contributed by atoms with Crippen molar-refractivity contribution in [3.8, 4) is 6.07 Å². The molecular weight excluding hydrogens is 130 g/mol. The summed E-state index contributed by atoms with van der Waals surface area (Å²) >= 11 is 0. The smallest absolute Gasteiger partial charge is 0.141 e. The lowest BCUT2D eigenvalue weighted by molar-refractivity contribution is -0.130. The van der Waals surface area contributed by atoms with E-state index in [0.29, 0.717) is 0 Å². The molecule has 0 rings (SSSR count). The number of nitriles is 1. The van der Waals surface area contributed by atoms with Gasteiger partial charge in [-0.15, -0.1) is 0 Å². The second-order valence-corrected chi connectivity index (χ2v) is 2.14. The van der Waals surface area contributed by atoms with Crippen molar-refractivity contribution < 1.29 is 9.59 Å². The average Bonchev–Trinajstić information content (AvgIpc) is 1.81. The molecule has 0 saturated carbocycles. The van der Waals surface area contributed by atoms with Crippen LogP contribution in [0.4, 0.5) is 0 Å². The molecular formula is C7H9NO2. The number of carbonyl (C=O) groups excluding carboxylic acids is 2. The second kappa shape index (κ2) is 3.78. The van der Waals surface area contributed by atoms with Gasteiger partial charge < -0.3 is 0 Å². The van der Waals surface area contributed by atoms with Crippen LogP contribution in [0.1, 0.15) is 20.3 Å². The fourth-order valence-corrected chi connectivity index (χ4v) is 0.665. The van der Waals surface area contributed by atoms with E-state index >= 15 is 0 Å². The molecule has 0 aliphatic heterocycles. The molecule has 0 fully saturated rings. The van der Waals surface area contributed by atoms with Crippen LogP contribution < -0.4 is 0 Å². The van der Waals surface area contributed by atoms with Crippen molar-refractivity contribution in [1.29, 1.82) is 5.26 Å². The zero-order valence-electron chi connectivity index (χ0n) is 6.05. The zero-order valence-corrected chi connectivity index (χ0v) is 6.05. The first-order valence-corrected chi connectivity index (χ1v) is 2.97. The van der Waals surface area contributed by atoms with E-state index in [0.717, 1.165) is 0 Å². The Hall–Kier alpha value is -1.17. The van der Waals surface area contributed by atoms with E-state index in [1.54, 1.807) is 6.07 Å². The summed E-state index contributed by atoms with van der Waals surface area (Å²) in [6, 6.07) is 1.79. The molecule has 0 saturated heterocycles. The molecule has 0 spiro atoms. The lowest BCUT2D eigenvalue weighted by Gasteiger charge is -2.02. The third-order valence-corrected chi connectivity index (χ3v) is 1.28. The molecule has 0 aromatic carbocycles. The molecule has 0 atom stereocenters. The molecule has 0 unspecified atom stereocenters. The first-order valence-electron chi connectivity index (χ1n) is 2.97. The predicted octanol–water partition coefficient (Wildman–Crippen LogP) is 0.694. The van der Waals surface area contributed by atoms with Crippen molar-refractivity contribution in [2.24, 2.45) is 5.92 Å². The monoisotopic (exact) mass is 139 g/mol. The quantitative estimate of drug-likeness (QED) is 0.540. The number of rotatable bonds is 3. The standard InChI is InChI=1S/C7H9NO2/c1-5(9)7(3-4-8)6(2)10/h7H,3H2,1-2H3. The van der Waals surface area contributed by atoms with Crippen LogP contribution in [0.5, 0.6) is 0 Å². The molecule has 0 aromatic rings. The van der Waals surface area contributed by atoms with Crippen LogP contribution in [-0.2, 0) is 9.59 Å². The molecule has 54 valence electrons. The van der Waals surface area contributed by atoms with Gasteiger partial charge in [0.05, 0.1) is 18.4 Å². The Morgan fingerprint density at radius 2 is 1.80 bits per heavy atom. The number of ketones is 2. The fourth-order valence-electron chi connectivity index (χ4n) is 0.665. The maximum Gasteiger partial charge on any atom is 0.141 e. The summed E-state index contributed by atoms with van der Waals surface area (Å²) in [5, 5.41) is 8.18. The van der Waals surface area contributed by atoms with Gasteiger partial charge in [-0.1, -0.05) is 0 Å². The summed E-state index contributed by atoms with van der Waals surface area (Å²) in [7, 11) is 0. The Bertz CT molecular complexity index is 176. The SMILES string of the molecule is CC(=O)C(CC#N)C(C)=O. The maximum absolute atomic E-state index is 10.6. The van der Waals surface area contributed by atoms with Crippen LogP contribution in [0.3, 0.4) is 0 Å². The predicted molar refractivity (Wildman–Crippen MR) is 35.1 cm³/mol. The van der Waals surface area contributed by atoms with Crippen LogP contribution in [0, 0.1) is 17.2 Å². The van der Waals surface area contributed by atoms with E-state index in [-0.39, 0.29) is 18.0 Å². The molecule has 10 heavy (non-hydrogen) atoms. The van der Waals surface area contributed by atoms with Crippen molar-refractivity contribution in [2.45, 2.75) is 20.3 Å². The van der Waals surface area contributed by atoms with Crippen molar-refractivity contribution in [1.82, 2.24) is 0 Å². The molecule has 3 nitrogen and oxygen atoms in total. The average molecular weight is 139 g/mol. The Morgan fingerprint density at radius 1 is 1.40 bits per heavy atom. The normalized spacial score (nSPS) is 9.00. The molecule has 0 amide bonds. The number of nitrogens with zero attached hydrogens (tertiary/aromatic N) is 1. The number of Topliss-reactive ketones (excluding diaryl/α,β-unsaturated/α-hetero) is 2. The van der Waals surface area contributed by atoms with E-state index in [1.165, 1.54) is 13.8 Å². The number of hydrogen-bond acceptors (Lipinski definition) is 3. The summed E-state index contributed by atoms with van der Waals surface area (Å²) in [4.78, 5) is 21.2. The van der Waals surface area contributed by atoms with Gasteiger partial charge in [0.2, 0.25) is 0 Å². The lowest BCUT2D eigenvalue weighted by atomic mass is 9.98. The number of hydrogen-bond donors (Lipinski definition) is 0. The molecule has 3 heteroatoms. The Kier molecular flexibility index (Phi) is 3.34. The van der Waals surface area contributed by atoms with Gasteiger partial charge in [0.15, 0.2) is 0 Å². The van der Waals surface area contributed by atoms with Gasteiger partial charge in [0.25, 0.3) is 0 Å². The summed E-state index contributed by atoms with van der Waals surface area (Å²) in [5.74, 6) is -1.16. The molecule has 0 radical (unpaired) electrons. The minimum absolute atomic E-state index is 0.00463. The third-order valence-electron chi connectivity index (χ3n) is 1.28. The van der Waals surface area contributed by atoms with Crippen LogP contribution in [0.2, 0.25) is 0 Å². The van der Waals surface area contributed by atoms with E-state index in [4.69, 9.17) is 5.26 Å². The molecule has 0 aromatic heterocycles. The highest BCUT2D eigenvalue weighted by molar-refractivity contribution is 6.00. The fraction of sp³-hybridized carbons (Fsp3) is 0.571. The highest BCUT2D eigenvalue weighted by Crippen LogP contribution is 2.04. The van der Waals surface area contributed by atoms with Crippen molar-refractivity contribution >= 4 is 11.6 Å². The molecule has 0 aliphatic carbocycles. The molecule has 0 bridgehead atoms. The van der Waals surface area contributed by atoms with Crippen molar-refractivity contribution in [3.05, 3.63) is 0 Å². The molecule has 0 heterocycles. The van der Waals surface area contributed by atoms with Gasteiger partial charge in [0.1, 0.15) is 11.6 Å². The Labute approximate surface area is 59.6 Å². The first-order chi connectivity index (χ1) is 4.59. The lowest BCUT2D eigenvalue weighted by Crippen LogP contribution is -2.18. The van der Waals surface area contributed by atoms with Crippen LogP contribution in [0.25, 0.3) is 0 Å². The van der Waals surface area contributed by atoms with Gasteiger partial charge in [-0.05, 0) is 13.8 Å². The second-order valence-electron chi connectivity index (χ2n) is 2.14. The van der Waals surface area contributed by atoms with Gasteiger partial charge in [-0.2, -0.15) is 5.26 Å². The minimum atomic E-state index is -0.704. The maximum atomic E-state index is 10.6. The van der Waals surface area contributed by atoms with E-state index in [2.05, 4.69) is 0 Å². The Morgan fingerprint density at radius 3 is 1.90 bits per heavy atom. The van der Waals surface area contributed by atoms with Gasteiger partial charge in [-0.25, -0.2) is 0 Å². The highest BCUT2D eigenvalue weighted by Gasteiger charge is 2.18. The van der Waals surface area contributed by atoms with Crippen LogP contribution >= 0.6 is 0 Å². The van der Waals surface area contributed by atoms with E-state index in [9.17, 15) is 9.59 Å². The van der Waals surface area contributed by atoms with Crippen molar-refractivity contribution in [2.75, 3.05) is 0 Å². The molecule has 0 N–H and O–H groups in total. The van der Waals surface area contributed by atoms with Gasteiger partial charge >= 0.3 is 0 Å². The van der Waals surface area contributed by atoms with Crippen LogP contribution in [-0.4, -0.2) is 11.6 Å². The first kappa shape index (κ1) is 8.83. The van der Waals surface area contributed by atoms with Gasteiger partial charge in [0, 0.05) is 0 Å². The summed E-state index contributed by atoms with van der Waals surface area (Å²) in [6.45, 7) is 2.65. The van der Waals surface area contributed by atoms with Crippen LogP contribution in [0.15, 0.2) is 0 Å². The van der Waals surface area contributed by atoms with Gasteiger partial charge in [-0.3, -0.25) is 9.59 Å². The largest absolute Gasteiger partial charge is 0.299 e. The highest BCUT2D eigenvalue weighted by atomic mass is 16.1. The Balaban J connectivity index is 4.15. The topological polar surface area (TPSA) is 57.9 Å². The summed E-state index contributed by atoms with van der Waals surface area (Å²) in [6.07, 6.45) is 0.00463. The van der Waals surface area contributed by atoms with Crippen molar-refractivity contribution in [3.63, 3.8) is 0 Å². The van der Waals surface area contributed by atoms with E-state index in [1.807, 2.05) is 0 Å². The number of carbonyl (C=O) groups is 2.